The van der Waals surface area contributed by atoms with Gasteiger partial charge in [0.15, 0.2) is 0 Å². The molecule has 0 saturated heterocycles. The van der Waals surface area contributed by atoms with E-state index in [2.05, 4.69) is 46.5 Å². The van der Waals surface area contributed by atoms with Crippen LogP contribution in [0, 0.1) is 11.3 Å². The Morgan fingerprint density at radius 3 is 2.28 bits per heavy atom. The van der Waals surface area contributed by atoms with E-state index in [0.717, 1.165) is 12.8 Å². The van der Waals surface area contributed by atoms with Gasteiger partial charge in [0.1, 0.15) is 0 Å². The monoisotopic (exact) mass is 253 g/mol. The highest BCUT2D eigenvalue weighted by atomic mass is 16.1. The molecule has 0 spiro atoms. The molecule has 0 aliphatic heterocycles. The molecular formula is C16H31NO. The molecule has 1 atom stereocenters. The van der Waals surface area contributed by atoms with E-state index in [1.54, 1.807) is 0 Å². The van der Waals surface area contributed by atoms with Crippen LogP contribution in [-0.4, -0.2) is 11.9 Å². The Bertz CT molecular complexity index is 250. The maximum atomic E-state index is 11.7. The van der Waals surface area contributed by atoms with E-state index >= 15 is 0 Å². The van der Waals surface area contributed by atoms with Crippen molar-refractivity contribution in [3.8, 4) is 0 Å². The summed E-state index contributed by atoms with van der Waals surface area (Å²) in [6.07, 6.45) is 7.04. The Hall–Kier alpha value is -0.790. The number of unbranched alkanes of at least 4 members (excludes halogenated alkanes) is 2. The number of carbonyl (C=O) groups is 1. The van der Waals surface area contributed by atoms with Gasteiger partial charge in [0.2, 0.25) is 5.91 Å². The minimum absolute atomic E-state index is 0.104. The van der Waals surface area contributed by atoms with E-state index in [9.17, 15) is 4.79 Å². The van der Waals surface area contributed by atoms with Crippen molar-refractivity contribution in [2.75, 3.05) is 0 Å². The van der Waals surface area contributed by atoms with Gasteiger partial charge in [-0.05, 0) is 24.2 Å². The fourth-order valence-corrected chi connectivity index (χ4v) is 1.87. The van der Waals surface area contributed by atoms with Crippen molar-refractivity contribution in [1.29, 1.82) is 0 Å². The lowest BCUT2D eigenvalue weighted by molar-refractivity contribution is -0.121. The topological polar surface area (TPSA) is 29.1 Å². The molecule has 2 heteroatoms. The quantitative estimate of drug-likeness (QED) is 0.507. The molecular weight excluding hydrogens is 222 g/mol. The third-order valence-corrected chi connectivity index (χ3v) is 3.13. The normalized spacial score (nSPS) is 13.4. The maximum absolute atomic E-state index is 11.7. The summed E-state index contributed by atoms with van der Waals surface area (Å²) in [6, 6.07) is 0.104. The smallest absolute Gasteiger partial charge is 0.220 e. The van der Waals surface area contributed by atoms with Crippen LogP contribution in [0.25, 0.3) is 0 Å². The zero-order valence-electron chi connectivity index (χ0n) is 12.9. The van der Waals surface area contributed by atoms with Gasteiger partial charge in [0.05, 0.1) is 0 Å². The van der Waals surface area contributed by atoms with Crippen LogP contribution < -0.4 is 5.32 Å². The first kappa shape index (κ1) is 17.2. The van der Waals surface area contributed by atoms with E-state index < -0.39 is 0 Å². The molecule has 0 aromatic rings. The molecule has 1 amide bonds. The van der Waals surface area contributed by atoms with E-state index in [1.807, 2.05) is 6.08 Å². The van der Waals surface area contributed by atoms with Gasteiger partial charge in [-0.3, -0.25) is 4.79 Å². The Morgan fingerprint density at radius 2 is 1.83 bits per heavy atom. The van der Waals surface area contributed by atoms with Crippen LogP contribution in [0.4, 0.5) is 0 Å². The second-order valence-corrected chi connectivity index (χ2v) is 6.69. The predicted octanol–water partition coefficient (Wildman–Crippen LogP) is 4.31. The molecule has 0 heterocycles. The van der Waals surface area contributed by atoms with Gasteiger partial charge >= 0.3 is 0 Å². The van der Waals surface area contributed by atoms with Crippen molar-refractivity contribution >= 4 is 5.91 Å². The summed E-state index contributed by atoms with van der Waals surface area (Å²) in [4.78, 5) is 11.7. The fourth-order valence-electron chi connectivity index (χ4n) is 1.87. The first-order valence-corrected chi connectivity index (χ1v) is 7.18. The first-order valence-electron chi connectivity index (χ1n) is 7.18. The average molecular weight is 253 g/mol. The number of nitrogens with one attached hydrogen (secondary N) is 1. The largest absolute Gasteiger partial charge is 0.350 e. The molecule has 1 N–H and O–H groups in total. The van der Waals surface area contributed by atoms with Crippen molar-refractivity contribution < 1.29 is 4.79 Å². The number of amides is 1. The number of carbonyl (C=O) groups excluding carboxylic acids is 1. The molecule has 0 radical (unpaired) electrons. The molecule has 106 valence electrons. The number of hydrogen-bond acceptors (Lipinski definition) is 1. The minimum Gasteiger partial charge on any atom is -0.350 e. The van der Waals surface area contributed by atoms with E-state index in [4.69, 9.17) is 0 Å². The lowest BCUT2D eigenvalue weighted by Gasteiger charge is -2.19. The Balaban J connectivity index is 3.68. The molecule has 18 heavy (non-hydrogen) atoms. The summed E-state index contributed by atoms with van der Waals surface area (Å²) in [6.45, 7) is 14.7. The van der Waals surface area contributed by atoms with Gasteiger partial charge in [-0.25, -0.2) is 0 Å². The van der Waals surface area contributed by atoms with Gasteiger partial charge in [-0.2, -0.15) is 0 Å². The van der Waals surface area contributed by atoms with Gasteiger partial charge in [0, 0.05) is 12.5 Å². The lowest BCUT2D eigenvalue weighted by Crippen LogP contribution is -2.36. The van der Waals surface area contributed by atoms with Gasteiger partial charge in [-0.1, -0.05) is 53.5 Å². The van der Waals surface area contributed by atoms with Crippen LogP contribution in [0.15, 0.2) is 12.7 Å². The van der Waals surface area contributed by atoms with Crippen LogP contribution in [0.1, 0.15) is 66.7 Å². The second-order valence-electron chi connectivity index (χ2n) is 6.69. The van der Waals surface area contributed by atoms with Crippen LogP contribution in [0.5, 0.6) is 0 Å². The number of rotatable bonds is 8. The van der Waals surface area contributed by atoms with Crippen LogP contribution in [0.3, 0.4) is 0 Å². The third-order valence-electron chi connectivity index (χ3n) is 3.13. The highest BCUT2D eigenvalue weighted by molar-refractivity contribution is 5.76. The molecule has 1 unspecified atom stereocenters. The minimum atomic E-state index is 0.104. The SMILES string of the molecule is C=CC(NC(=O)CCCCCC(C)(C)C)C(C)C. The van der Waals surface area contributed by atoms with Crippen molar-refractivity contribution in [2.24, 2.45) is 11.3 Å². The zero-order valence-corrected chi connectivity index (χ0v) is 12.9. The lowest BCUT2D eigenvalue weighted by atomic mass is 9.89. The van der Waals surface area contributed by atoms with Crippen LogP contribution >= 0.6 is 0 Å². The highest BCUT2D eigenvalue weighted by Crippen LogP contribution is 2.22. The van der Waals surface area contributed by atoms with Gasteiger partial charge < -0.3 is 5.32 Å². The standard InChI is InChI=1S/C16H31NO/c1-7-14(13(2)3)17-15(18)11-9-8-10-12-16(4,5)6/h7,13-14H,1,8-12H2,2-6H3,(H,17,18). The summed E-state index contributed by atoms with van der Waals surface area (Å²) < 4.78 is 0. The Labute approximate surface area is 113 Å². The highest BCUT2D eigenvalue weighted by Gasteiger charge is 2.12. The van der Waals surface area contributed by atoms with Gasteiger partial charge in [-0.15, -0.1) is 6.58 Å². The van der Waals surface area contributed by atoms with E-state index in [1.165, 1.54) is 12.8 Å². The summed E-state index contributed by atoms with van der Waals surface area (Å²) >= 11 is 0. The van der Waals surface area contributed by atoms with Crippen molar-refractivity contribution in [2.45, 2.75) is 72.8 Å². The van der Waals surface area contributed by atoms with Crippen molar-refractivity contribution in [3.63, 3.8) is 0 Å². The van der Waals surface area contributed by atoms with Gasteiger partial charge in [0.25, 0.3) is 0 Å². The first-order chi connectivity index (χ1) is 8.26. The fraction of sp³-hybridized carbons (Fsp3) is 0.812. The molecule has 0 saturated carbocycles. The second kappa shape index (κ2) is 8.34. The third kappa shape index (κ3) is 9.26. The zero-order chi connectivity index (χ0) is 14.2. The molecule has 2 nitrogen and oxygen atoms in total. The predicted molar refractivity (Wildman–Crippen MR) is 79.5 cm³/mol. The summed E-state index contributed by atoms with van der Waals surface area (Å²) in [5, 5.41) is 3.02. The number of hydrogen-bond donors (Lipinski definition) is 1. The summed E-state index contributed by atoms with van der Waals surface area (Å²) in [5.41, 5.74) is 0.411. The van der Waals surface area contributed by atoms with Crippen molar-refractivity contribution in [3.05, 3.63) is 12.7 Å². The average Bonchev–Trinajstić information content (AvgIpc) is 2.23. The summed E-state index contributed by atoms with van der Waals surface area (Å²) in [7, 11) is 0. The summed E-state index contributed by atoms with van der Waals surface area (Å²) in [5.74, 6) is 0.566. The molecule has 0 aliphatic rings. The Kier molecular flexibility index (Phi) is 7.97. The maximum Gasteiger partial charge on any atom is 0.220 e. The molecule has 0 bridgehead atoms. The van der Waals surface area contributed by atoms with Crippen molar-refractivity contribution in [1.82, 2.24) is 5.32 Å². The molecule has 0 aromatic heterocycles. The molecule has 0 aromatic carbocycles. The van der Waals surface area contributed by atoms with Crippen LogP contribution in [-0.2, 0) is 4.79 Å². The van der Waals surface area contributed by atoms with Crippen LogP contribution in [0.2, 0.25) is 0 Å². The Morgan fingerprint density at radius 1 is 1.22 bits per heavy atom. The molecule has 0 aliphatic carbocycles. The molecule has 0 fully saturated rings. The van der Waals surface area contributed by atoms with E-state index in [-0.39, 0.29) is 11.9 Å². The molecule has 0 rings (SSSR count). The van der Waals surface area contributed by atoms with E-state index in [0.29, 0.717) is 17.8 Å².